The van der Waals surface area contributed by atoms with Crippen molar-refractivity contribution < 1.29 is 8.78 Å². The summed E-state index contributed by atoms with van der Waals surface area (Å²) in [6.07, 6.45) is 0.458. The summed E-state index contributed by atoms with van der Waals surface area (Å²) in [5.74, 6) is -1.45. The molecule has 0 radical (unpaired) electrons. The zero-order chi connectivity index (χ0) is 15.2. The van der Waals surface area contributed by atoms with Gasteiger partial charge in [-0.15, -0.1) is 0 Å². The molecule has 0 fully saturated rings. The van der Waals surface area contributed by atoms with Gasteiger partial charge in [-0.2, -0.15) is 0 Å². The molecule has 1 nitrogen and oxygen atoms in total. The van der Waals surface area contributed by atoms with Crippen molar-refractivity contribution in [2.24, 2.45) is 0 Å². The number of halogens is 3. The van der Waals surface area contributed by atoms with Gasteiger partial charge in [0.25, 0.3) is 0 Å². The lowest BCUT2D eigenvalue weighted by atomic mass is 9.91. The molecule has 0 spiro atoms. The van der Waals surface area contributed by atoms with Crippen LogP contribution in [0.1, 0.15) is 24.0 Å². The van der Waals surface area contributed by atoms with Crippen LogP contribution >= 0.6 is 15.9 Å². The Labute approximate surface area is 132 Å². The second-order valence-electron chi connectivity index (χ2n) is 4.94. The second-order valence-corrected chi connectivity index (χ2v) is 5.80. The van der Waals surface area contributed by atoms with Crippen LogP contribution < -0.4 is 5.32 Å². The third-order valence-electron chi connectivity index (χ3n) is 3.48. The van der Waals surface area contributed by atoms with Gasteiger partial charge in [0, 0.05) is 16.9 Å². The standard InChI is InChI=1S/C17H18BrF2N/c1-2-21-11-13(14-7-3-4-8-15(14)18)10-12-6-5-9-16(19)17(12)20/h3-9,13,21H,2,10-11H2,1H3. The quantitative estimate of drug-likeness (QED) is 0.795. The number of hydrogen-bond acceptors (Lipinski definition) is 1. The van der Waals surface area contributed by atoms with Crippen LogP contribution in [0.4, 0.5) is 8.78 Å². The van der Waals surface area contributed by atoms with Gasteiger partial charge in [-0.1, -0.05) is 53.2 Å². The average molecular weight is 354 g/mol. The molecule has 2 rings (SSSR count). The molecule has 0 amide bonds. The van der Waals surface area contributed by atoms with E-state index in [1.165, 1.54) is 0 Å². The molecule has 0 aliphatic heterocycles. The first kappa shape index (κ1) is 16.1. The topological polar surface area (TPSA) is 12.0 Å². The number of likely N-dealkylation sites (N-methyl/N-ethyl adjacent to an activating group) is 1. The Balaban J connectivity index is 2.28. The van der Waals surface area contributed by atoms with E-state index in [2.05, 4.69) is 21.2 Å². The molecule has 112 valence electrons. The van der Waals surface area contributed by atoms with Crippen molar-refractivity contribution in [3.05, 3.63) is 69.7 Å². The van der Waals surface area contributed by atoms with Crippen molar-refractivity contribution in [3.63, 3.8) is 0 Å². The van der Waals surface area contributed by atoms with Gasteiger partial charge >= 0.3 is 0 Å². The summed E-state index contributed by atoms with van der Waals surface area (Å²) in [6.45, 7) is 3.58. The van der Waals surface area contributed by atoms with Crippen molar-refractivity contribution in [1.82, 2.24) is 5.32 Å². The highest BCUT2D eigenvalue weighted by Gasteiger charge is 2.18. The number of benzene rings is 2. The Morgan fingerprint density at radius 1 is 1.10 bits per heavy atom. The summed E-state index contributed by atoms with van der Waals surface area (Å²) in [4.78, 5) is 0. The van der Waals surface area contributed by atoms with Crippen molar-refractivity contribution in [3.8, 4) is 0 Å². The summed E-state index contributed by atoms with van der Waals surface area (Å²) in [6, 6.07) is 12.2. The summed E-state index contributed by atoms with van der Waals surface area (Å²) in [7, 11) is 0. The molecule has 0 bridgehead atoms. The Kier molecular flexibility index (Phi) is 5.88. The Morgan fingerprint density at radius 3 is 2.57 bits per heavy atom. The normalized spacial score (nSPS) is 12.4. The first-order valence-corrected chi connectivity index (χ1v) is 7.80. The molecule has 1 atom stereocenters. The Bertz CT molecular complexity index is 601. The monoisotopic (exact) mass is 353 g/mol. The number of hydrogen-bond donors (Lipinski definition) is 1. The molecule has 0 aromatic heterocycles. The second kappa shape index (κ2) is 7.66. The molecular formula is C17H18BrF2N. The highest BCUT2D eigenvalue weighted by Crippen LogP contribution is 2.28. The molecule has 2 aromatic rings. The summed E-state index contributed by atoms with van der Waals surface area (Å²) < 4.78 is 28.2. The van der Waals surface area contributed by atoms with Gasteiger partial charge in [0.05, 0.1) is 0 Å². The maximum absolute atomic E-state index is 13.9. The van der Waals surface area contributed by atoms with Crippen LogP contribution in [-0.4, -0.2) is 13.1 Å². The Hall–Kier alpha value is -1.26. The number of nitrogens with one attached hydrogen (secondary N) is 1. The molecule has 0 saturated heterocycles. The third kappa shape index (κ3) is 4.11. The van der Waals surface area contributed by atoms with Gasteiger partial charge in [0.15, 0.2) is 11.6 Å². The first-order chi connectivity index (χ1) is 10.1. The van der Waals surface area contributed by atoms with Crippen molar-refractivity contribution in [1.29, 1.82) is 0 Å². The SMILES string of the molecule is CCNCC(Cc1cccc(F)c1F)c1ccccc1Br. The van der Waals surface area contributed by atoms with Crippen LogP contribution in [0.2, 0.25) is 0 Å². The molecule has 2 aromatic carbocycles. The van der Waals surface area contributed by atoms with E-state index in [4.69, 9.17) is 0 Å². The highest BCUT2D eigenvalue weighted by molar-refractivity contribution is 9.10. The summed E-state index contributed by atoms with van der Waals surface area (Å²) in [5.41, 5.74) is 1.51. The van der Waals surface area contributed by atoms with E-state index in [-0.39, 0.29) is 5.92 Å². The molecule has 0 saturated carbocycles. The molecule has 1 unspecified atom stereocenters. The predicted molar refractivity (Wildman–Crippen MR) is 85.5 cm³/mol. The maximum Gasteiger partial charge on any atom is 0.162 e. The molecule has 0 aliphatic rings. The zero-order valence-corrected chi connectivity index (χ0v) is 13.5. The van der Waals surface area contributed by atoms with Crippen LogP contribution in [-0.2, 0) is 6.42 Å². The molecule has 0 aliphatic carbocycles. The lowest BCUT2D eigenvalue weighted by Crippen LogP contribution is -2.23. The molecular weight excluding hydrogens is 336 g/mol. The number of rotatable bonds is 6. The van der Waals surface area contributed by atoms with Gasteiger partial charge in [-0.3, -0.25) is 0 Å². The minimum absolute atomic E-state index is 0.0804. The van der Waals surface area contributed by atoms with Crippen LogP contribution in [0.5, 0.6) is 0 Å². The van der Waals surface area contributed by atoms with Gasteiger partial charge in [-0.25, -0.2) is 8.78 Å². The largest absolute Gasteiger partial charge is 0.316 e. The van der Waals surface area contributed by atoms with Crippen molar-refractivity contribution in [2.75, 3.05) is 13.1 Å². The highest BCUT2D eigenvalue weighted by atomic mass is 79.9. The fourth-order valence-electron chi connectivity index (χ4n) is 2.39. The molecule has 1 N–H and O–H groups in total. The third-order valence-corrected chi connectivity index (χ3v) is 4.21. The van der Waals surface area contributed by atoms with Crippen molar-refractivity contribution >= 4 is 15.9 Å². The van der Waals surface area contributed by atoms with E-state index in [1.54, 1.807) is 12.1 Å². The molecule has 0 heterocycles. The summed E-state index contributed by atoms with van der Waals surface area (Å²) >= 11 is 3.54. The maximum atomic E-state index is 13.9. The molecule has 21 heavy (non-hydrogen) atoms. The van der Waals surface area contributed by atoms with Crippen LogP contribution in [0, 0.1) is 11.6 Å². The van der Waals surface area contributed by atoms with Gasteiger partial charge in [0.2, 0.25) is 0 Å². The van der Waals surface area contributed by atoms with E-state index < -0.39 is 11.6 Å². The van der Waals surface area contributed by atoms with E-state index in [0.717, 1.165) is 29.2 Å². The van der Waals surface area contributed by atoms with E-state index in [1.807, 2.05) is 31.2 Å². The minimum Gasteiger partial charge on any atom is -0.316 e. The average Bonchev–Trinajstić information content (AvgIpc) is 2.48. The lowest BCUT2D eigenvalue weighted by Gasteiger charge is -2.20. The summed E-state index contributed by atoms with van der Waals surface area (Å²) in [5, 5.41) is 3.29. The van der Waals surface area contributed by atoms with E-state index >= 15 is 0 Å². The smallest absolute Gasteiger partial charge is 0.162 e. The van der Waals surface area contributed by atoms with Crippen LogP contribution in [0.3, 0.4) is 0 Å². The van der Waals surface area contributed by atoms with Crippen LogP contribution in [0.25, 0.3) is 0 Å². The van der Waals surface area contributed by atoms with Gasteiger partial charge in [-0.05, 0) is 36.2 Å². The van der Waals surface area contributed by atoms with E-state index in [9.17, 15) is 8.78 Å². The van der Waals surface area contributed by atoms with Gasteiger partial charge < -0.3 is 5.32 Å². The van der Waals surface area contributed by atoms with Gasteiger partial charge in [0.1, 0.15) is 0 Å². The lowest BCUT2D eigenvalue weighted by molar-refractivity contribution is 0.490. The minimum atomic E-state index is -0.790. The van der Waals surface area contributed by atoms with Crippen molar-refractivity contribution in [2.45, 2.75) is 19.3 Å². The predicted octanol–water partition coefficient (Wildman–Crippen LogP) is 4.66. The van der Waals surface area contributed by atoms with Crippen LogP contribution in [0.15, 0.2) is 46.9 Å². The fourth-order valence-corrected chi connectivity index (χ4v) is 3.00. The molecule has 4 heteroatoms. The fraction of sp³-hybridized carbons (Fsp3) is 0.294. The zero-order valence-electron chi connectivity index (χ0n) is 11.9. The first-order valence-electron chi connectivity index (χ1n) is 7.01. The Morgan fingerprint density at radius 2 is 1.86 bits per heavy atom. The van der Waals surface area contributed by atoms with E-state index in [0.29, 0.717) is 12.0 Å².